The van der Waals surface area contributed by atoms with Crippen LogP contribution >= 0.6 is 22.6 Å². The lowest BCUT2D eigenvalue weighted by Crippen LogP contribution is -2.30. The summed E-state index contributed by atoms with van der Waals surface area (Å²) in [5.74, 6) is 4.77. The third kappa shape index (κ3) is 1.75. The van der Waals surface area contributed by atoms with Crippen molar-refractivity contribution in [1.82, 2.24) is 5.43 Å². The topological polar surface area (TPSA) is 55.1 Å². The van der Waals surface area contributed by atoms with E-state index >= 15 is 0 Å². The van der Waals surface area contributed by atoms with E-state index in [4.69, 9.17) is 5.84 Å². The number of nitrogens with two attached hydrogens (primary N) is 1. The maximum atomic E-state index is 11.1. The standard InChI is InChI=1S/C8H9IN2O/c1-5-3-2-4-6(7(5)9)8(12)11-10/h2-4H,10H2,1H3,(H,11,12). The van der Waals surface area contributed by atoms with Gasteiger partial charge in [-0.25, -0.2) is 5.84 Å². The Bertz CT molecular complexity index is 312. The number of nitrogen functional groups attached to an aromatic ring is 1. The first-order valence-electron chi connectivity index (χ1n) is 3.43. The zero-order chi connectivity index (χ0) is 9.14. The van der Waals surface area contributed by atoms with Crippen LogP contribution in [0, 0.1) is 10.5 Å². The predicted octanol–water partition coefficient (Wildman–Crippen LogP) is 1.20. The van der Waals surface area contributed by atoms with E-state index in [0.717, 1.165) is 9.13 Å². The molecular formula is C8H9IN2O. The highest BCUT2D eigenvalue weighted by atomic mass is 127. The number of hydrogen-bond donors (Lipinski definition) is 2. The summed E-state index contributed by atoms with van der Waals surface area (Å²) in [6, 6.07) is 5.54. The van der Waals surface area contributed by atoms with Gasteiger partial charge in [0, 0.05) is 3.57 Å². The van der Waals surface area contributed by atoms with Crippen LogP contribution in [-0.4, -0.2) is 5.91 Å². The van der Waals surface area contributed by atoms with Crippen molar-refractivity contribution in [2.45, 2.75) is 6.92 Å². The first kappa shape index (κ1) is 9.47. The van der Waals surface area contributed by atoms with E-state index in [9.17, 15) is 4.79 Å². The highest BCUT2D eigenvalue weighted by Gasteiger charge is 2.08. The average Bonchev–Trinajstić information content (AvgIpc) is 2.08. The second-order valence-electron chi connectivity index (χ2n) is 2.41. The molecule has 1 rings (SSSR count). The number of benzene rings is 1. The van der Waals surface area contributed by atoms with E-state index in [1.807, 2.05) is 19.1 Å². The summed E-state index contributed by atoms with van der Waals surface area (Å²) in [6.07, 6.45) is 0. The first-order valence-corrected chi connectivity index (χ1v) is 4.50. The number of carbonyl (C=O) groups is 1. The predicted molar refractivity (Wildman–Crippen MR) is 55.5 cm³/mol. The summed E-state index contributed by atoms with van der Waals surface area (Å²) in [6.45, 7) is 1.95. The molecule has 12 heavy (non-hydrogen) atoms. The maximum absolute atomic E-state index is 11.1. The van der Waals surface area contributed by atoms with Crippen molar-refractivity contribution in [2.75, 3.05) is 0 Å². The van der Waals surface area contributed by atoms with Crippen LogP contribution in [0.1, 0.15) is 15.9 Å². The molecule has 3 N–H and O–H groups in total. The molecule has 0 aliphatic carbocycles. The Kier molecular flexibility index (Phi) is 3.05. The van der Waals surface area contributed by atoms with Gasteiger partial charge in [0.25, 0.3) is 5.91 Å². The van der Waals surface area contributed by atoms with E-state index in [0.29, 0.717) is 5.56 Å². The van der Waals surface area contributed by atoms with Crippen molar-refractivity contribution in [1.29, 1.82) is 0 Å². The summed E-state index contributed by atoms with van der Waals surface area (Å²) < 4.78 is 0.943. The lowest BCUT2D eigenvalue weighted by molar-refractivity contribution is 0.0952. The Hall–Kier alpha value is -0.620. The minimum absolute atomic E-state index is 0.247. The Morgan fingerprint density at radius 1 is 1.58 bits per heavy atom. The maximum Gasteiger partial charge on any atom is 0.266 e. The van der Waals surface area contributed by atoms with Gasteiger partial charge in [0.1, 0.15) is 0 Å². The largest absolute Gasteiger partial charge is 0.290 e. The quantitative estimate of drug-likeness (QED) is 0.350. The van der Waals surface area contributed by atoms with E-state index in [-0.39, 0.29) is 5.91 Å². The van der Waals surface area contributed by atoms with E-state index in [1.54, 1.807) is 6.07 Å². The monoisotopic (exact) mass is 276 g/mol. The van der Waals surface area contributed by atoms with Crippen LogP contribution in [0.4, 0.5) is 0 Å². The number of rotatable bonds is 1. The van der Waals surface area contributed by atoms with Gasteiger partial charge >= 0.3 is 0 Å². The van der Waals surface area contributed by atoms with Crippen LogP contribution in [0.25, 0.3) is 0 Å². The molecular weight excluding hydrogens is 267 g/mol. The zero-order valence-electron chi connectivity index (χ0n) is 6.60. The molecule has 0 bridgehead atoms. The van der Waals surface area contributed by atoms with Crippen molar-refractivity contribution in [3.63, 3.8) is 0 Å². The Morgan fingerprint density at radius 3 is 2.83 bits per heavy atom. The van der Waals surface area contributed by atoms with Crippen molar-refractivity contribution >= 4 is 28.5 Å². The fourth-order valence-corrected chi connectivity index (χ4v) is 1.51. The fourth-order valence-electron chi connectivity index (χ4n) is 0.901. The molecule has 64 valence electrons. The SMILES string of the molecule is Cc1cccc(C(=O)NN)c1I. The van der Waals surface area contributed by atoms with Crippen LogP contribution in [-0.2, 0) is 0 Å². The van der Waals surface area contributed by atoms with Gasteiger partial charge in [-0.2, -0.15) is 0 Å². The highest BCUT2D eigenvalue weighted by Crippen LogP contribution is 2.15. The van der Waals surface area contributed by atoms with Gasteiger partial charge in [0.15, 0.2) is 0 Å². The third-order valence-electron chi connectivity index (χ3n) is 1.57. The Labute approximate surface area is 84.4 Å². The van der Waals surface area contributed by atoms with Crippen molar-refractivity contribution in [3.05, 3.63) is 32.9 Å². The third-order valence-corrected chi connectivity index (χ3v) is 3.00. The molecule has 1 aromatic carbocycles. The Morgan fingerprint density at radius 2 is 2.25 bits per heavy atom. The van der Waals surface area contributed by atoms with Gasteiger partial charge in [0.05, 0.1) is 5.56 Å². The van der Waals surface area contributed by atoms with Gasteiger partial charge in [0.2, 0.25) is 0 Å². The van der Waals surface area contributed by atoms with Crippen molar-refractivity contribution < 1.29 is 4.79 Å². The number of aryl methyl sites for hydroxylation is 1. The minimum Gasteiger partial charge on any atom is -0.290 e. The summed E-state index contributed by atoms with van der Waals surface area (Å²) in [4.78, 5) is 11.1. The molecule has 0 aromatic heterocycles. The summed E-state index contributed by atoms with van der Waals surface area (Å²) in [7, 11) is 0. The van der Waals surface area contributed by atoms with E-state index < -0.39 is 0 Å². The molecule has 1 amide bonds. The van der Waals surface area contributed by atoms with Gasteiger partial charge in [-0.05, 0) is 41.1 Å². The first-order chi connectivity index (χ1) is 5.66. The van der Waals surface area contributed by atoms with Gasteiger partial charge in [-0.15, -0.1) is 0 Å². The van der Waals surface area contributed by atoms with Crippen LogP contribution in [0.3, 0.4) is 0 Å². The van der Waals surface area contributed by atoms with E-state index in [1.165, 1.54) is 0 Å². The molecule has 1 aromatic rings. The second-order valence-corrected chi connectivity index (χ2v) is 3.49. The number of halogens is 1. The molecule has 0 atom stereocenters. The van der Waals surface area contributed by atoms with E-state index in [2.05, 4.69) is 28.0 Å². The smallest absolute Gasteiger partial charge is 0.266 e. The lowest BCUT2D eigenvalue weighted by Gasteiger charge is -2.04. The number of hydrazine groups is 1. The molecule has 0 aliphatic rings. The Balaban J connectivity index is 3.16. The molecule has 0 saturated carbocycles. The number of amides is 1. The molecule has 0 heterocycles. The number of carbonyl (C=O) groups excluding carboxylic acids is 1. The zero-order valence-corrected chi connectivity index (χ0v) is 8.75. The highest BCUT2D eigenvalue weighted by molar-refractivity contribution is 14.1. The summed E-state index contributed by atoms with van der Waals surface area (Å²) in [5, 5.41) is 0. The van der Waals surface area contributed by atoms with Gasteiger partial charge < -0.3 is 0 Å². The van der Waals surface area contributed by atoms with Crippen LogP contribution in [0.15, 0.2) is 18.2 Å². The van der Waals surface area contributed by atoms with Crippen LogP contribution in [0.5, 0.6) is 0 Å². The van der Waals surface area contributed by atoms with Crippen LogP contribution < -0.4 is 11.3 Å². The molecule has 3 nitrogen and oxygen atoms in total. The minimum atomic E-state index is -0.247. The summed E-state index contributed by atoms with van der Waals surface area (Å²) >= 11 is 2.13. The van der Waals surface area contributed by atoms with Gasteiger partial charge in [-0.3, -0.25) is 10.2 Å². The van der Waals surface area contributed by atoms with Gasteiger partial charge in [-0.1, -0.05) is 12.1 Å². The fraction of sp³-hybridized carbons (Fsp3) is 0.125. The van der Waals surface area contributed by atoms with Crippen molar-refractivity contribution in [2.24, 2.45) is 5.84 Å². The average molecular weight is 276 g/mol. The van der Waals surface area contributed by atoms with Crippen LogP contribution in [0.2, 0.25) is 0 Å². The molecule has 4 heteroatoms. The molecule has 0 unspecified atom stereocenters. The summed E-state index contributed by atoms with van der Waals surface area (Å²) in [5.41, 5.74) is 3.81. The number of hydrogen-bond acceptors (Lipinski definition) is 2. The molecule has 0 fully saturated rings. The number of nitrogens with one attached hydrogen (secondary N) is 1. The molecule has 0 spiro atoms. The molecule has 0 radical (unpaired) electrons. The molecule has 0 saturated heterocycles. The second kappa shape index (κ2) is 3.86. The van der Waals surface area contributed by atoms with Crippen molar-refractivity contribution in [3.8, 4) is 0 Å². The lowest BCUT2D eigenvalue weighted by atomic mass is 10.1. The normalized spacial score (nSPS) is 9.58. The molecule has 0 aliphatic heterocycles.